The van der Waals surface area contributed by atoms with Crippen molar-refractivity contribution in [2.45, 2.75) is 78.7 Å². The summed E-state index contributed by atoms with van der Waals surface area (Å²) < 4.78 is 23.1. The summed E-state index contributed by atoms with van der Waals surface area (Å²) >= 11 is -2.50. The van der Waals surface area contributed by atoms with E-state index in [1.165, 1.54) is 61.2 Å². The summed E-state index contributed by atoms with van der Waals surface area (Å²) in [5.41, 5.74) is 1.32. The Kier molecular flexibility index (Phi) is 8.48. The van der Waals surface area contributed by atoms with Crippen molar-refractivity contribution in [3.05, 3.63) is 17.9 Å². The van der Waals surface area contributed by atoms with Crippen LogP contribution in [0.1, 0.15) is 71.0 Å². The molecule has 1 aromatic rings. The van der Waals surface area contributed by atoms with E-state index in [1.54, 1.807) is 0 Å². The van der Waals surface area contributed by atoms with Gasteiger partial charge in [0.15, 0.2) is 0 Å². The molecule has 2 rings (SSSR count). The molecule has 1 saturated heterocycles. The molecule has 0 aliphatic carbocycles. The van der Waals surface area contributed by atoms with Crippen molar-refractivity contribution in [2.75, 3.05) is 13.4 Å². The molecule has 1 aliphatic rings. The van der Waals surface area contributed by atoms with E-state index in [1.807, 2.05) is 6.26 Å². The Hall–Kier alpha value is -0.00130. The van der Waals surface area contributed by atoms with Crippen molar-refractivity contribution in [1.82, 2.24) is 0 Å². The Labute approximate surface area is 146 Å². The molecule has 0 bridgehead atoms. The topological polar surface area (TPSA) is 31.6 Å². The fourth-order valence-electron chi connectivity index (χ4n) is 3.78. The molecule has 2 heterocycles. The third-order valence-corrected chi connectivity index (χ3v) is 20.3. The second-order valence-corrected chi connectivity index (χ2v) is 19.8. The van der Waals surface area contributed by atoms with Gasteiger partial charge in [-0.25, -0.2) is 0 Å². The maximum absolute atomic E-state index is 6.19. The van der Waals surface area contributed by atoms with Gasteiger partial charge in [-0.1, -0.05) is 0 Å². The molecule has 0 amide bonds. The van der Waals surface area contributed by atoms with E-state index in [4.69, 9.17) is 13.9 Å². The van der Waals surface area contributed by atoms with Crippen molar-refractivity contribution in [3.8, 4) is 0 Å². The molecule has 1 aromatic heterocycles. The Bertz CT molecular complexity index is 416. The van der Waals surface area contributed by atoms with E-state index in [2.05, 4.69) is 26.8 Å². The van der Waals surface area contributed by atoms with Crippen LogP contribution in [0.15, 0.2) is 16.7 Å². The molecule has 23 heavy (non-hydrogen) atoms. The van der Waals surface area contributed by atoms with Crippen molar-refractivity contribution < 1.29 is 13.9 Å². The molecule has 0 radical (unpaired) electrons. The molecule has 3 nitrogen and oxygen atoms in total. The Morgan fingerprint density at radius 1 is 1.00 bits per heavy atom. The van der Waals surface area contributed by atoms with Crippen LogP contribution in [-0.4, -0.2) is 31.8 Å². The van der Waals surface area contributed by atoms with Gasteiger partial charge in [0.05, 0.1) is 0 Å². The van der Waals surface area contributed by atoms with Crippen LogP contribution in [-0.2, 0) is 9.47 Å². The number of hydrogen-bond donors (Lipinski definition) is 0. The Balaban J connectivity index is 2.31. The second kappa shape index (κ2) is 10.1. The van der Waals surface area contributed by atoms with Gasteiger partial charge >= 0.3 is 146 Å². The number of ether oxygens (including phenoxy) is 2. The Morgan fingerprint density at radius 3 is 2.09 bits per heavy atom. The van der Waals surface area contributed by atoms with Gasteiger partial charge in [-0.3, -0.25) is 0 Å². The van der Waals surface area contributed by atoms with Crippen LogP contribution in [0.5, 0.6) is 0 Å². The SMILES string of the molecule is CCC[CH2][Sn]([CH2]CCC)([CH2]CCC)[c]1occc1C1COCO1. The van der Waals surface area contributed by atoms with Gasteiger partial charge in [0.2, 0.25) is 0 Å². The maximum atomic E-state index is 6.19. The summed E-state index contributed by atoms with van der Waals surface area (Å²) in [4.78, 5) is 0. The third kappa shape index (κ3) is 4.99. The fraction of sp³-hybridized carbons (Fsp3) is 0.789. The molecular formula is C19H34O3Sn. The van der Waals surface area contributed by atoms with Gasteiger partial charge in [-0.05, 0) is 0 Å². The van der Waals surface area contributed by atoms with Gasteiger partial charge in [-0.15, -0.1) is 0 Å². The number of hydrogen-bond acceptors (Lipinski definition) is 3. The number of furan rings is 1. The summed E-state index contributed by atoms with van der Waals surface area (Å²) in [6, 6.07) is 2.16. The molecule has 1 atom stereocenters. The zero-order valence-electron chi connectivity index (χ0n) is 15.2. The van der Waals surface area contributed by atoms with E-state index >= 15 is 0 Å². The summed E-state index contributed by atoms with van der Waals surface area (Å²) in [7, 11) is 0. The van der Waals surface area contributed by atoms with E-state index in [0.29, 0.717) is 13.4 Å². The minimum absolute atomic E-state index is 0.102. The summed E-state index contributed by atoms with van der Waals surface area (Å²) in [5, 5.41) is 0. The first-order chi connectivity index (χ1) is 11.3. The standard InChI is InChI=1S/C7H7O3.3C4H9.Sn/c1-2-8-3-6(1)7-4-9-5-10-7;3*1-3-4-2;/h1-2,7H,4-5H2;3*1,3-4H2,2H3;. The molecular weight excluding hydrogens is 395 g/mol. The van der Waals surface area contributed by atoms with Crippen LogP contribution in [0.2, 0.25) is 13.3 Å². The molecule has 1 aliphatic heterocycles. The van der Waals surface area contributed by atoms with Crippen LogP contribution in [0.3, 0.4) is 0 Å². The van der Waals surface area contributed by atoms with Gasteiger partial charge in [0, 0.05) is 0 Å². The van der Waals surface area contributed by atoms with Gasteiger partial charge in [-0.2, -0.15) is 0 Å². The molecule has 0 spiro atoms. The molecule has 1 fully saturated rings. The van der Waals surface area contributed by atoms with Crippen molar-refractivity contribution in [3.63, 3.8) is 0 Å². The fourth-order valence-corrected chi connectivity index (χ4v) is 20.0. The molecule has 0 saturated carbocycles. The third-order valence-electron chi connectivity index (χ3n) is 5.17. The predicted octanol–water partition coefficient (Wildman–Crippen LogP) is 5.38. The normalized spacial score (nSPS) is 18.7. The minimum atomic E-state index is -2.50. The summed E-state index contributed by atoms with van der Waals surface area (Å²) in [6.45, 7) is 8.05. The molecule has 1 unspecified atom stereocenters. The van der Waals surface area contributed by atoms with Crippen molar-refractivity contribution >= 4 is 22.2 Å². The molecule has 132 valence electrons. The van der Waals surface area contributed by atoms with E-state index in [0.717, 1.165) is 0 Å². The molecule has 0 N–H and O–H groups in total. The zero-order valence-corrected chi connectivity index (χ0v) is 18.1. The number of unbranched alkanes of at least 4 members (excludes halogenated alkanes) is 3. The van der Waals surface area contributed by atoms with Gasteiger partial charge < -0.3 is 0 Å². The monoisotopic (exact) mass is 430 g/mol. The van der Waals surface area contributed by atoms with Crippen LogP contribution in [0.4, 0.5) is 0 Å². The summed E-state index contributed by atoms with van der Waals surface area (Å²) in [6.07, 6.45) is 9.93. The first kappa shape index (κ1) is 19.3. The quantitative estimate of drug-likeness (QED) is 0.443. The van der Waals surface area contributed by atoms with Gasteiger partial charge in [0.1, 0.15) is 0 Å². The number of rotatable bonds is 11. The summed E-state index contributed by atoms with van der Waals surface area (Å²) in [5.74, 6) is 0. The average Bonchev–Trinajstić information content (AvgIpc) is 3.25. The van der Waals surface area contributed by atoms with Crippen LogP contribution in [0, 0.1) is 0 Å². The van der Waals surface area contributed by atoms with Crippen LogP contribution < -0.4 is 3.78 Å². The first-order valence-electron chi connectivity index (χ1n) is 9.54. The molecule has 4 heteroatoms. The molecule has 0 aromatic carbocycles. The van der Waals surface area contributed by atoms with E-state index in [-0.39, 0.29) is 6.10 Å². The van der Waals surface area contributed by atoms with Crippen molar-refractivity contribution in [1.29, 1.82) is 0 Å². The zero-order chi connectivity index (χ0) is 16.5. The second-order valence-electron chi connectivity index (χ2n) is 6.94. The van der Waals surface area contributed by atoms with Crippen LogP contribution >= 0.6 is 0 Å². The first-order valence-corrected chi connectivity index (χ1v) is 17.0. The predicted molar refractivity (Wildman–Crippen MR) is 97.9 cm³/mol. The Morgan fingerprint density at radius 2 is 1.61 bits per heavy atom. The van der Waals surface area contributed by atoms with E-state index < -0.39 is 18.4 Å². The average molecular weight is 429 g/mol. The van der Waals surface area contributed by atoms with E-state index in [9.17, 15) is 0 Å². The van der Waals surface area contributed by atoms with Gasteiger partial charge in [0.25, 0.3) is 0 Å². The van der Waals surface area contributed by atoms with Crippen LogP contribution in [0.25, 0.3) is 0 Å². The van der Waals surface area contributed by atoms with Crippen molar-refractivity contribution in [2.24, 2.45) is 0 Å².